The summed E-state index contributed by atoms with van der Waals surface area (Å²) in [5.41, 5.74) is 0. The van der Waals surface area contributed by atoms with Gasteiger partial charge in [0, 0.05) is 19.3 Å². The predicted octanol–water partition coefficient (Wildman–Crippen LogP) is 1.22. The molecule has 0 aromatic rings. The van der Waals surface area contributed by atoms with Gasteiger partial charge in [-0.3, -0.25) is 4.79 Å². The van der Waals surface area contributed by atoms with Gasteiger partial charge >= 0.3 is 0 Å². The number of carbonyl (C=O) groups is 1. The van der Waals surface area contributed by atoms with E-state index in [-0.39, 0.29) is 18.3 Å². The Labute approximate surface area is 139 Å². The molecule has 1 N–H and O–H groups in total. The van der Waals surface area contributed by atoms with E-state index < -0.39 is 14.6 Å². The van der Waals surface area contributed by atoms with Crippen LogP contribution >= 0.6 is 12.4 Å². The van der Waals surface area contributed by atoms with Gasteiger partial charge in [0.05, 0.1) is 0 Å². The zero-order valence-corrected chi connectivity index (χ0v) is 14.8. The molecule has 0 spiro atoms. The Balaban J connectivity index is 0.00000176. The van der Waals surface area contributed by atoms with E-state index in [1.54, 1.807) is 0 Å². The first-order valence-corrected chi connectivity index (χ1v) is 10.0. The van der Waals surface area contributed by atoms with Gasteiger partial charge in [-0.05, 0) is 50.6 Å². The lowest BCUT2D eigenvalue weighted by Crippen LogP contribution is -2.52. The molecule has 5 nitrogen and oxygen atoms in total. The monoisotopic (exact) mass is 350 g/mol. The first kappa shape index (κ1) is 18.0. The number of sulfone groups is 1. The van der Waals surface area contributed by atoms with Gasteiger partial charge in [-0.1, -0.05) is 12.8 Å². The molecule has 3 rings (SSSR count). The van der Waals surface area contributed by atoms with E-state index in [0.717, 1.165) is 51.9 Å². The van der Waals surface area contributed by atoms with Crippen molar-refractivity contribution in [3.05, 3.63) is 0 Å². The van der Waals surface area contributed by atoms with Crippen molar-refractivity contribution < 1.29 is 13.2 Å². The molecule has 1 amide bonds. The maximum atomic E-state index is 13.0. The molecule has 7 heteroatoms. The highest BCUT2D eigenvalue weighted by Gasteiger charge is 2.52. The third-order valence-electron chi connectivity index (χ3n) is 5.82. The maximum Gasteiger partial charge on any atom is 0.244 e. The molecule has 0 bridgehead atoms. The topological polar surface area (TPSA) is 66.5 Å². The van der Waals surface area contributed by atoms with Gasteiger partial charge in [0.15, 0.2) is 14.6 Å². The standard InChI is InChI=1S/C15H26N2O3S.ClH/c1-21(19,20)15(6-2-3-7-15)14(18)17-8-4-12-10-16-11-13(12)5-9-17;/h12-13,16H,2-11H2,1H3;1H/t12-,13+;. The van der Waals surface area contributed by atoms with Gasteiger partial charge in [-0.15, -0.1) is 12.4 Å². The summed E-state index contributed by atoms with van der Waals surface area (Å²) in [5, 5.41) is 3.42. The molecule has 1 aliphatic carbocycles. The maximum absolute atomic E-state index is 13.0. The van der Waals surface area contributed by atoms with Crippen molar-refractivity contribution in [1.82, 2.24) is 10.2 Å². The van der Waals surface area contributed by atoms with Crippen LogP contribution in [0.3, 0.4) is 0 Å². The molecule has 2 aliphatic heterocycles. The van der Waals surface area contributed by atoms with Crippen molar-refractivity contribution in [2.75, 3.05) is 32.4 Å². The second-order valence-corrected chi connectivity index (χ2v) is 9.35. The molecule has 0 radical (unpaired) electrons. The molecule has 2 saturated heterocycles. The van der Waals surface area contributed by atoms with E-state index >= 15 is 0 Å². The SMILES string of the molecule is CS(=O)(=O)C1(C(=O)N2CC[C@@H]3CNC[C@@H]3CC2)CCCC1.Cl. The molecule has 0 aromatic carbocycles. The van der Waals surface area contributed by atoms with Crippen molar-refractivity contribution in [2.45, 2.75) is 43.3 Å². The smallest absolute Gasteiger partial charge is 0.244 e. The Morgan fingerprint density at radius 3 is 2.05 bits per heavy atom. The summed E-state index contributed by atoms with van der Waals surface area (Å²) in [6.07, 6.45) is 5.97. The second kappa shape index (κ2) is 6.65. The van der Waals surface area contributed by atoms with E-state index in [0.29, 0.717) is 24.7 Å². The molecule has 0 aromatic heterocycles. The summed E-state index contributed by atoms with van der Waals surface area (Å²) >= 11 is 0. The fourth-order valence-corrected chi connectivity index (χ4v) is 5.88. The molecule has 22 heavy (non-hydrogen) atoms. The van der Waals surface area contributed by atoms with Crippen LogP contribution in [-0.4, -0.2) is 56.4 Å². The molecule has 0 unspecified atom stereocenters. The number of nitrogens with zero attached hydrogens (tertiary/aromatic N) is 1. The van der Waals surface area contributed by atoms with Crippen molar-refractivity contribution in [1.29, 1.82) is 0 Å². The van der Waals surface area contributed by atoms with E-state index in [2.05, 4.69) is 5.32 Å². The van der Waals surface area contributed by atoms with Gasteiger partial charge in [0.1, 0.15) is 0 Å². The normalized spacial score (nSPS) is 31.2. The first-order valence-electron chi connectivity index (χ1n) is 8.14. The predicted molar refractivity (Wildman–Crippen MR) is 89.0 cm³/mol. The van der Waals surface area contributed by atoms with Crippen LogP contribution in [0.5, 0.6) is 0 Å². The largest absolute Gasteiger partial charge is 0.341 e. The van der Waals surface area contributed by atoms with Gasteiger partial charge in [0.2, 0.25) is 5.91 Å². The average Bonchev–Trinajstić information content (AvgIpc) is 3.04. The Kier molecular flexibility index (Phi) is 5.45. The minimum Gasteiger partial charge on any atom is -0.341 e. The van der Waals surface area contributed by atoms with Crippen LogP contribution in [0.15, 0.2) is 0 Å². The zero-order valence-electron chi connectivity index (χ0n) is 13.2. The number of nitrogens with one attached hydrogen (secondary N) is 1. The minimum atomic E-state index is -3.35. The molecule has 2 atom stereocenters. The van der Waals surface area contributed by atoms with Crippen molar-refractivity contribution in [3.8, 4) is 0 Å². The molecule has 3 fully saturated rings. The molecular formula is C15H27ClN2O3S. The molecule has 1 saturated carbocycles. The first-order chi connectivity index (χ1) is 9.94. The lowest BCUT2D eigenvalue weighted by molar-refractivity contribution is -0.133. The molecule has 128 valence electrons. The number of hydrogen-bond donors (Lipinski definition) is 1. The quantitative estimate of drug-likeness (QED) is 0.813. The Bertz CT molecular complexity index is 503. The summed E-state index contributed by atoms with van der Waals surface area (Å²) in [6, 6.07) is 0. The average molecular weight is 351 g/mol. The van der Waals surface area contributed by atoms with Crippen molar-refractivity contribution >= 4 is 28.2 Å². The molecule has 2 heterocycles. The Morgan fingerprint density at radius 2 is 1.59 bits per heavy atom. The molecule has 3 aliphatic rings. The van der Waals surface area contributed by atoms with Crippen LogP contribution in [0.2, 0.25) is 0 Å². The fourth-order valence-electron chi connectivity index (χ4n) is 4.40. The summed E-state index contributed by atoms with van der Waals surface area (Å²) in [7, 11) is -3.35. The highest BCUT2D eigenvalue weighted by atomic mass is 35.5. The summed E-state index contributed by atoms with van der Waals surface area (Å²) in [5.74, 6) is 1.19. The lowest BCUT2D eigenvalue weighted by Gasteiger charge is -2.32. The highest BCUT2D eigenvalue weighted by Crippen LogP contribution is 2.39. The number of likely N-dealkylation sites (tertiary alicyclic amines) is 1. The van der Waals surface area contributed by atoms with E-state index in [1.165, 1.54) is 6.26 Å². The lowest BCUT2D eigenvalue weighted by atomic mass is 9.92. The number of fused-ring (bicyclic) bond motifs is 1. The van der Waals surface area contributed by atoms with Crippen molar-refractivity contribution in [3.63, 3.8) is 0 Å². The minimum absolute atomic E-state index is 0. The highest BCUT2D eigenvalue weighted by molar-refractivity contribution is 7.92. The molecular weight excluding hydrogens is 324 g/mol. The van der Waals surface area contributed by atoms with Crippen LogP contribution in [0, 0.1) is 11.8 Å². The fraction of sp³-hybridized carbons (Fsp3) is 0.933. The van der Waals surface area contributed by atoms with Crippen LogP contribution in [0.4, 0.5) is 0 Å². The van der Waals surface area contributed by atoms with E-state index in [1.807, 2.05) is 4.90 Å². The number of carbonyl (C=O) groups excluding carboxylic acids is 1. The van der Waals surface area contributed by atoms with Gasteiger partial charge < -0.3 is 10.2 Å². The van der Waals surface area contributed by atoms with Gasteiger partial charge in [0.25, 0.3) is 0 Å². The number of hydrogen-bond acceptors (Lipinski definition) is 4. The number of rotatable bonds is 2. The third kappa shape index (κ3) is 3.02. The number of amides is 1. The van der Waals surface area contributed by atoms with E-state index in [9.17, 15) is 13.2 Å². The number of halogens is 1. The summed E-state index contributed by atoms with van der Waals surface area (Å²) < 4.78 is 23.4. The Hall–Kier alpha value is -0.330. The zero-order chi connectivity index (χ0) is 15.1. The Morgan fingerprint density at radius 1 is 1.09 bits per heavy atom. The van der Waals surface area contributed by atoms with Crippen LogP contribution in [-0.2, 0) is 14.6 Å². The van der Waals surface area contributed by atoms with E-state index in [4.69, 9.17) is 0 Å². The van der Waals surface area contributed by atoms with Gasteiger partial charge in [-0.2, -0.15) is 0 Å². The third-order valence-corrected chi connectivity index (χ3v) is 7.82. The van der Waals surface area contributed by atoms with Crippen LogP contribution < -0.4 is 5.32 Å². The van der Waals surface area contributed by atoms with Crippen molar-refractivity contribution in [2.24, 2.45) is 11.8 Å². The summed E-state index contributed by atoms with van der Waals surface area (Å²) in [4.78, 5) is 14.8. The second-order valence-electron chi connectivity index (χ2n) is 7.02. The van der Waals surface area contributed by atoms with Gasteiger partial charge in [-0.25, -0.2) is 8.42 Å². The summed E-state index contributed by atoms with van der Waals surface area (Å²) in [6.45, 7) is 3.53. The van der Waals surface area contributed by atoms with Crippen LogP contribution in [0.25, 0.3) is 0 Å². The van der Waals surface area contributed by atoms with Crippen LogP contribution in [0.1, 0.15) is 38.5 Å².